The first kappa shape index (κ1) is 11.2. The minimum absolute atomic E-state index is 0.176. The van der Waals surface area contributed by atoms with Crippen LogP contribution >= 0.6 is 0 Å². The third-order valence-electron chi connectivity index (χ3n) is 2.40. The highest BCUT2D eigenvalue weighted by Gasteiger charge is 2.25. The molecule has 0 rings (SSSR count). The molecule has 0 aromatic rings. The van der Waals surface area contributed by atoms with Gasteiger partial charge < -0.3 is 5.21 Å². The quantitative estimate of drug-likeness (QED) is 0.298. The van der Waals surface area contributed by atoms with E-state index in [1.54, 1.807) is 0 Å². The Hall–Kier alpha value is -0.790. The Morgan fingerprint density at radius 2 is 2.00 bits per heavy atom. The lowest BCUT2D eigenvalue weighted by Crippen LogP contribution is -2.25. The molecule has 1 N–H and O–H groups in total. The molecule has 70 valence electrons. The molecule has 0 amide bonds. The van der Waals surface area contributed by atoms with Gasteiger partial charge in [-0.2, -0.15) is 0 Å². The molecule has 12 heavy (non-hydrogen) atoms. The number of hydrogen-bond acceptors (Lipinski definition) is 2. The summed E-state index contributed by atoms with van der Waals surface area (Å²) in [7, 11) is 0. The Morgan fingerprint density at radius 1 is 1.50 bits per heavy atom. The summed E-state index contributed by atoms with van der Waals surface area (Å²) >= 11 is 0. The zero-order valence-electron chi connectivity index (χ0n) is 8.52. The van der Waals surface area contributed by atoms with Crippen molar-refractivity contribution in [2.24, 2.45) is 10.6 Å². The van der Waals surface area contributed by atoms with E-state index >= 15 is 0 Å². The third-order valence-corrected chi connectivity index (χ3v) is 2.40. The molecule has 0 unspecified atom stereocenters. The molecule has 0 aromatic carbocycles. The van der Waals surface area contributed by atoms with Gasteiger partial charge in [0.05, 0.1) is 5.71 Å². The average molecular weight is 169 g/mol. The number of allylic oxidation sites excluding steroid dienone is 1. The van der Waals surface area contributed by atoms with Gasteiger partial charge in [-0.15, -0.1) is 0 Å². The molecule has 0 saturated carbocycles. The predicted octanol–water partition coefficient (Wildman–Crippen LogP) is 3.22. The van der Waals surface area contributed by atoms with Gasteiger partial charge in [0.1, 0.15) is 0 Å². The summed E-state index contributed by atoms with van der Waals surface area (Å²) in [6, 6.07) is 0. The van der Waals surface area contributed by atoms with Crippen molar-refractivity contribution in [1.29, 1.82) is 0 Å². The highest BCUT2D eigenvalue weighted by atomic mass is 16.4. The van der Waals surface area contributed by atoms with E-state index in [4.69, 9.17) is 5.21 Å². The van der Waals surface area contributed by atoms with Crippen molar-refractivity contribution in [2.75, 3.05) is 0 Å². The smallest absolute Gasteiger partial charge is 0.0666 e. The van der Waals surface area contributed by atoms with Gasteiger partial charge in [0.25, 0.3) is 0 Å². The van der Waals surface area contributed by atoms with Gasteiger partial charge in [-0.3, -0.25) is 0 Å². The highest BCUT2D eigenvalue weighted by molar-refractivity contribution is 5.91. The molecule has 0 spiro atoms. The molecule has 2 nitrogen and oxygen atoms in total. The fourth-order valence-corrected chi connectivity index (χ4v) is 0.971. The van der Waals surface area contributed by atoms with Gasteiger partial charge >= 0.3 is 0 Å². The number of oxime groups is 1. The SMILES string of the molecule is C=C(C)C(C)(C)/C(CCC)=N/O. The van der Waals surface area contributed by atoms with Gasteiger partial charge in [-0.25, -0.2) is 0 Å². The largest absolute Gasteiger partial charge is 0.411 e. The van der Waals surface area contributed by atoms with E-state index in [9.17, 15) is 0 Å². The van der Waals surface area contributed by atoms with Crippen molar-refractivity contribution in [2.45, 2.75) is 40.5 Å². The van der Waals surface area contributed by atoms with Crippen LogP contribution in [0.15, 0.2) is 17.3 Å². The van der Waals surface area contributed by atoms with E-state index in [1.165, 1.54) is 0 Å². The maximum Gasteiger partial charge on any atom is 0.0666 e. The zero-order chi connectivity index (χ0) is 9.78. The van der Waals surface area contributed by atoms with Crippen molar-refractivity contribution in [1.82, 2.24) is 0 Å². The summed E-state index contributed by atoms with van der Waals surface area (Å²) in [5.41, 5.74) is 1.67. The van der Waals surface area contributed by atoms with Gasteiger partial charge in [-0.1, -0.05) is 44.5 Å². The second kappa shape index (κ2) is 4.29. The summed E-state index contributed by atoms with van der Waals surface area (Å²) in [6.45, 7) is 12.0. The van der Waals surface area contributed by atoms with Crippen LogP contribution in [0.4, 0.5) is 0 Å². The molecular formula is C10H19NO. The van der Waals surface area contributed by atoms with Crippen LogP contribution < -0.4 is 0 Å². The third kappa shape index (κ3) is 2.36. The minimum atomic E-state index is -0.176. The molecule has 0 aromatic heterocycles. The predicted molar refractivity (Wildman–Crippen MR) is 52.7 cm³/mol. The van der Waals surface area contributed by atoms with Crippen molar-refractivity contribution in [3.8, 4) is 0 Å². The fourth-order valence-electron chi connectivity index (χ4n) is 0.971. The summed E-state index contributed by atoms with van der Waals surface area (Å²) in [5.74, 6) is 0. The van der Waals surface area contributed by atoms with E-state index in [1.807, 2.05) is 20.8 Å². The number of nitrogens with zero attached hydrogens (tertiary/aromatic N) is 1. The standard InChI is InChI=1S/C10H19NO/c1-6-7-9(11-12)10(4,5)8(2)3/h12H,2,6-7H2,1,3-5H3/b11-9+. The van der Waals surface area contributed by atoms with E-state index in [0.29, 0.717) is 0 Å². The maximum absolute atomic E-state index is 8.79. The number of rotatable bonds is 4. The van der Waals surface area contributed by atoms with Crippen molar-refractivity contribution in [3.63, 3.8) is 0 Å². The first-order valence-electron chi connectivity index (χ1n) is 4.34. The molecule has 0 aliphatic carbocycles. The molecule has 0 fully saturated rings. The zero-order valence-corrected chi connectivity index (χ0v) is 8.52. The van der Waals surface area contributed by atoms with Gasteiger partial charge in [0.15, 0.2) is 0 Å². The molecule has 0 atom stereocenters. The summed E-state index contributed by atoms with van der Waals surface area (Å²) in [4.78, 5) is 0. The summed E-state index contributed by atoms with van der Waals surface area (Å²) < 4.78 is 0. The average Bonchev–Trinajstić information content (AvgIpc) is 1.99. The van der Waals surface area contributed by atoms with Crippen LogP contribution in [-0.2, 0) is 0 Å². The second-order valence-electron chi connectivity index (χ2n) is 3.70. The molecule has 0 bridgehead atoms. The normalized spacial score (nSPS) is 13.2. The maximum atomic E-state index is 8.79. The van der Waals surface area contributed by atoms with Crippen molar-refractivity contribution >= 4 is 5.71 Å². The number of hydrogen-bond donors (Lipinski definition) is 1. The Labute approximate surface area is 75.0 Å². The molecule has 0 aliphatic heterocycles. The van der Waals surface area contributed by atoms with Crippen molar-refractivity contribution in [3.05, 3.63) is 12.2 Å². The Bertz CT molecular complexity index is 192. The van der Waals surface area contributed by atoms with Crippen LogP contribution in [0.2, 0.25) is 0 Å². The lowest BCUT2D eigenvalue weighted by molar-refractivity contribution is 0.310. The van der Waals surface area contributed by atoms with Gasteiger partial charge in [-0.05, 0) is 13.3 Å². The lowest BCUT2D eigenvalue weighted by atomic mass is 9.79. The molecular weight excluding hydrogens is 150 g/mol. The fraction of sp³-hybridized carbons (Fsp3) is 0.700. The Morgan fingerprint density at radius 3 is 2.25 bits per heavy atom. The van der Waals surface area contributed by atoms with E-state index in [-0.39, 0.29) is 5.41 Å². The van der Waals surface area contributed by atoms with Gasteiger partial charge in [0, 0.05) is 5.41 Å². The molecule has 0 aliphatic rings. The first-order valence-corrected chi connectivity index (χ1v) is 4.34. The molecule has 2 heteroatoms. The monoisotopic (exact) mass is 169 g/mol. The van der Waals surface area contributed by atoms with Crippen molar-refractivity contribution < 1.29 is 5.21 Å². The lowest BCUT2D eigenvalue weighted by Gasteiger charge is -2.25. The van der Waals surface area contributed by atoms with Gasteiger partial charge in [0.2, 0.25) is 0 Å². The van der Waals surface area contributed by atoms with Crippen LogP contribution in [0.5, 0.6) is 0 Å². The van der Waals surface area contributed by atoms with E-state index in [2.05, 4.69) is 18.7 Å². The van der Waals surface area contributed by atoms with E-state index < -0.39 is 0 Å². The Balaban J connectivity index is 4.61. The molecule has 0 radical (unpaired) electrons. The summed E-state index contributed by atoms with van der Waals surface area (Å²) in [6.07, 6.45) is 1.83. The summed E-state index contributed by atoms with van der Waals surface area (Å²) in [5, 5.41) is 12.1. The highest BCUT2D eigenvalue weighted by Crippen LogP contribution is 2.28. The second-order valence-corrected chi connectivity index (χ2v) is 3.70. The van der Waals surface area contributed by atoms with Crippen LogP contribution in [-0.4, -0.2) is 10.9 Å². The molecule has 0 saturated heterocycles. The molecule has 0 heterocycles. The van der Waals surface area contributed by atoms with Crippen LogP contribution in [0.25, 0.3) is 0 Å². The minimum Gasteiger partial charge on any atom is -0.411 e. The van der Waals surface area contributed by atoms with E-state index in [0.717, 1.165) is 24.1 Å². The van der Waals surface area contributed by atoms with Crippen LogP contribution in [0.3, 0.4) is 0 Å². The first-order chi connectivity index (χ1) is 5.46. The van der Waals surface area contributed by atoms with Crippen LogP contribution in [0, 0.1) is 5.41 Å². The topological polar surface area (TPSA) is 32.6 Å². The Kier molecular flexibility index (Phi) is 4.01. The van der Waals surface area contributed by atoms with Crippen LogP contribution in [0.1, 0.15) is 40.5 Å².